The summed E-state index contributed by atoms with van der Waals surface area (Å²) in [6, 6.07) is 0. The van der Waals surface area contributed by atoms with Crippen molar-refractivity contribution in [2.45, 2.75) is 45.3 Å². The smallest absolute Gasteiger partial charge is 0.410 e. The summed E-state index contributed by atoms with van der Waals surface area (Å²) in [5.74, 6) is 0.0506. The third-order valence-electron chi connectivity index (χ3n) is 2.85. The monoisotopic (exact) mass is 245 g/mol. The van der Waals surface area contributed by atoms with E-state index in [1.165, 1.54) is 0 Å². The van der Waals surface area contributed by atoms with Gasteiger partial charge < -0.3 is 19.8 Å². The Morgan fingerprint density at radius 3 is 2.71 bits per heavy atom. The Balaban J connectivity index is 2.42. The van der Waals surface area contributed by atoms with Crippen molar-refractivity contribution in [3.63, 3.8) is 0 Å². The van der Waals surface area contributed by atoms with Gasteiger partial charge in [-0.05, 0) is 33.6 Å². The van der Waals surface area contributed by atoms with E-state index in [4.69, 9.17) is 9.84 Å². The number of amides is 1. The first kappa shape index (κ1) is 14.3. The normalized spacial score (nSPS) is 22.6. The lowest BCUT2D eigenvalue weighted by Gasteiger charge is -2.25. The van der Waals surface area contributed by atoms with Crippen molar-refractivity contribution >= 4 is 6.09 Å². The van der Waals surface area contributed by atoms with Crippen LogP contribution < -0.4 is 0 Å². The number of nitrogens with zero attached hydrogens (tertiary/aromatic N) is 1. The molecule has 0 spiro atoms. The minimum absolute atomic E-state index is 0.0237. The van der Waals surface area contributed by atoms with Crippen molar-refractivity contribution in [1.29, 1.82) is 0 Å². The van der Waals surface area contributed by atoms with E-state index in [9.17, 15) is 9.90 Å². The second-order valence-electron chi connectivity index (χ2n) is 5.55. The molecule has 0 aromatic heterocycles. The second-order valence-corrected chi connectivity index (χ2v) is 5.55. The molecule has 1 fully saturated rings. The molecule has 17 heavy (non-hydrogen) atoms. The second kappa shape index (κ2) is 5.69. The summed E-state index contributed by atoms with van der Waals surface area (Å²) in [7, 11) is 0. The van der Waals surface area contributed by atoms with Gasteiger partial charge in [0, 0.05) is 25.6 Å². The Hall–Kier alpha value is -0.810. The van der Waals surface area contributed by atoms with E-state index in [1.807, 2.05) is 20.8 Å². The topological polar surface area (TPSA) is 70.0 Å². The molecule has 0 aliphatic carbocycles. The van der Waals surface area contributed by atoms with Gasteiger partial charge in [-0.2, -0.15) is 0 Å². The van der Waals surface area contributed by atoms with Crippen molar-refractivity contribution in [3.05, 3.63) is 0 Å². The van der Waals surface area contributed by atoms with E-state index < -0.39 is 11.7 Å². The maximum atomic E-state index is 11.8. The van der Waals surface area contributed by atoms with E-state index in [0.717, 1.165) is 6.42 Å². The molecule has 5 heteroatoms. The van der Waals surface area contributed by atoms with Crippen molar-refractivity contribution in [1.82, 2.24) is 4.90 Å². The van der Waals surface area contributed by atoms with Gasteiger partial charge in [-0.15, -0.1) is 0 Å². The molecule has 1 amide bonds. The van der Waals surface area contributed by atoms with Gasteiger partial charge in [0.25, 0.3) is 0 Å². The van der Waals surface area contributed by atoms with Crippen LogP contribution in [0.4, 0.5) is 4.79 Å². The minimum Gasteiger partial charge on any atom is -0.444 e. The van der Waals surface area contributed by atoms with Gasteiger partial charge in [0.1, 0.15) is 5.60 Å². The zero-order chi connectivity index (χ0) is 13.1. The number of aliphatic hydroxyl groups excluding tert-OH is 2. The highest BCUT2D eigenvalue weighted by Crippen LogP contribution is 2.23. The number of hydrogen-bond donors (Lipinski definition) is 2. The Morgan fingerprint density at radius 2 is 2.18 bits per heavy atom. The van der Waals surface area contributed by atoms with Gasteiger partial charge in [-0.25, -0.2) is 4.79 Å². The van der Waals surface area contributed by atoms with Gasteiger partial charge in [0.15, 0.2) is 0 Å². The fourth-order valence-electron chi connectivity index (χ4n) is 1.96. The van der Waals surface area contributed by atoms with Gasteiger partial charge in [0.2, 0.25) is 0 Å². The Bertz CT molecular complexity index is 262. The van der Waals surface area contributed by atoms with Crippen LogP contribution in [0.25, 0.3) is 0 Å². The molecule has 2 atom stereocenters. The van der Waals surface area contributed by atoms with Crippen LogP contribution in [-0.4, -0.2) is 52.6 Å². The number of rotatable bonds is 3. The first-order valence-electron chi connectivity index (χ1n) is 6.10. The first-order valence-corrected chi connectivity index (χ1v) is 6.10. The van der Waals surface area contributed by atoms with Gasteiger partial charge in [0.05, 0.1) is 6.10 Å². The summed E-state index contributed by atoms with van der Waals surface area (Å²) in [5, 5.41) is 18.5. The summed E-state index contributed by atoms with van der Waals surface area (Å²) >= 11 is 0. The number of carbonyl (C=O) groups is 1. The lowest BCUT2D eigenvalue weighted by Crippen LogP contribution is -2.36. The number of ether oxygens (including phenoxy) is 1. The quantitative estimate of drug-likeness (QED) is 0.778. The van der Waals surface area contributed by atoms with Gasteiger partial charge >= 0.3 is 6.09 Å². The molecule has 0 radical (unpaired) electrons. The third kappa shape index (κ3) is 4.52. The maximum absolute atomic E-state index is 11.8. The fourth-order valence-corrected chi connectivity index (χ4v) is 1.96. The zero-order valence-electron chi connectivity index (χ0n) is 10.8. The van der Waals surface area contributed by atoms with Crippen LogP contribution in [0.2, 0.25) is 0 Å². The van der Waals surface area contributed by atoms with Crippen molar-refractivity contribution in [3.8, 4) is 0 Å². The average molecular weight is 245 g/mol. The van der Waals surface area contributed by atoms with Crippen LogP contribution in [0, 0.1) is 5.92 Å². The van der Waals surface area contributed by atoms with E-state index >= 15 is 0 Å². The highest BCUT2D eigenvalue weighted by atomic mass is 16.6. The van der Waals surface area contributed by atoms with Crippen molar-refractivity contribution in [2.24, 2.45) is 5.92 Å². The van der Waals surface area contributed by atoms with Crippen molar-refractivity contribution < 1.29 is 19.7 Å². The van der Waals surface area contributed by atoms with Crippen LogP contribution in [0.1, 0.15) is 33.6 Å². The molecule has 100 valence electrons. The van der Waals surface area contributed by atoms with Crippen LogP contribution in [0.15, 0.2) is 0 Å². The average Bonchev–Trinajstić information content (AvgIpc) is 2.63. The highest BCUT2D eigenvalue weighted by Gasteiger charge is 2.32. The Morgan fingerprint density at radius 1 is 1.53 bits per heavy atom. The molecule has 1 aliphatic heterocycles. The number of carbonyl (C=O) groups excluding carboxylic acids is 1. The molecule has 5 nitrogen and oxygen atoms in total. The highest BCUT2D eigenvalue weighted by molar-refractivity contribution is 5.68. The molecule has 0 saturated carbocycles. The van der Waals surface area contributed by atoms with Crippen LogP contribution in [0.5, 0.6) is 0 Å². The molecule has 0 aromatic carbocycles. The Labute approximate surface area is 102 Å². The first-order chi connectivity index (χ1) is 7.83. The predicted octanol–water partition coefficient (Wildman–Crippen LogP) is 0.987. The lowest BCUT2D eigenvalue weighted by atomic mass is 9.99. The van der Waals surface area contributed by atoms with E-state index in [2.05, 4.69) is 0 Å². The molecule has 1 saturated heterocycles. The fraction of sp³-hybridized carbons (Fsp3) is 0.917. The number of aliphatic hydroxyl groups is 2. The van der Waals surface area contributed by atoms with Crippen LogP contribution >= 0.6 is 0 Å². The summed E-state index contributed by atoms with van der Waals surface area (Å²) in [4.78, 5) is 13.4. The third-order valence-corrected chi connectivity index (χ3v) is 2.85. The predicted molar refractivity (Wildman–Crippen MR) is 63.6 cm³/mol. The summed E-state index contributed by atoms with van der Waals surface area (Å²) in [6.07, 6.45) is 0.274. The largest absolute Gasteiger partial charge is 0.444 e. The van der Waals surface area contributed by atoms with E-state index in [0.29, 0.717) is 19.5 Å². The van der Waals surface area contributed by atoms with Crippen LogP contribution in [-0.2, 0) is 4.74 Å². The van der Waals surface area contributed by atoms with Gasteiger partial charge in [-0.1, -0.05) is 0 Å². The minimum atomic E-state index is -0.535. The Kier molecular flexibility index (Phi) is 4.77. The summed E-state index contributed by atoms with van der Waals surface area (Å²) in [6.45, 7) is 6.60. The molecule has 0 aromatic rings. The molecule has 0 unspecified atom stereocenters. The van der Waals surface area contributed by atoms with E-state index in [-0.39, 0.29) is 18.6 Å². The van der Waals surface area contributed by atoms with Gasteiger partial charge in [-0.3, -0.25) is 0 Å². The molecular formula is C12H23NO4. The maximum Gasteiger partial charge on any atom is 0.410 e. The van der Waals surface area contributed by atoms with E-state index in [1.54, 1.807) is 4.90 Å². The van der Waals surface area contributed by atoms with Crippen molar-refractivity contribution in [2.75, 3.05) is 19.7 Å². The van der Waals surface area contributed by atoms with Crippen LogP contribution in [0.3, 0.4) is 0 Å². The molecule has 1 heterocycles. The number of likely N-dealkylation sites (tertiary alicyclic amines) is 1. The SMILES string of the molecule is CC(C)(C)OC(=O)N1CC[C@H]([C@H](O)CCO)C1. The molecular weight excluding hydrogens is 222 g/mol. The molecule has 1 aliphatic rings. The molecule has 0 bridgehead atoms. The molecule has 2 N–H and O–H groups in total. The summed E-state index contributed by atoms with van der Waals surface area (Å²) < 4.78 is 5.27. The molecule has 1 rings (SSSR count). The lowest BCUT2D eigenvalue weighted by molar-refractivity contribution is 0.0261. The number of hydrogen-bond acceptors (Lipinski definition) is 4. The summed E-state index contributed by atoms with van der Waals surface area (Å²) in [5.41, 5.74) is -0.487. The zero-order valence-corrected chi connectivity index (χ0v) is 10.8. The standard InChI is InChI=1S/C12H23NO4/c1-12(2,3)17-11(16)13-6-4-9(8-13)10(15)5-7-14/h9-10,14-15H,4-8H2,1-3H3/t9-,10+/m0/s1.